The van der Waals surface area contributed by atoms with Crippen molar-refractivity contribution in [2.45, 2.75) is 64.6 Å². The molecule has 0 bridgehead atoms. The van der Waals surface area contributed by atoms with Gasteiger partial charge in [-0.25, -0.2) is 9.59 Å². The van der Waals surface area contributed by atoms with E-state index >= 15 is 0 Å². The highest BCUT2D eigenvalue weighted by Crippen LogP contribution is 2.32. The summed E-state index contributed by atoms with van der Waals surface area (Å²) in [7, 11) is 1.35. The van der Waals surface area contributed by atoms with E-state index in [0.29, 0.717) is 27.7 Å². The lowest BCUT2D eigenvalue weighted by Gasteiger charge is -2.43. The van der Waals surface area contributed by atoms with Gasteiger partial charge in [-0.2, -0.15) is 0 Å². The fourth-order valence-electron chi connectivity index (χ4n) is 4.78. The first-order valence-corrected chi connectivity index (χ1v) is 10.4. The lowest BCUT2D eigenvalue weighted by atomic mass is 9.79. The van der Waals surface area contributed by atoms with Crippen molar-refractivity contribution in [1.29, 1.82) is 0 Å². The van der Waals surface area contributed by atoms with Crippen molar-refractivity contribution in [2.75, 3.05) is 19.0 Å². The molecular weight excluding hydrogens is 382 g/mol. The highest BCUT2D eigenvalue weighted by molar-refractivity contribution is 6.06. The SMILES string of the molecule is CCOC(=O)c1cnc2ccc(C(=O)OC)cc2c1NC1CC(C)(C)[NH2+]C(C)(C)C1. The predicted molar refractivity (Wildman–Crippen MR) is 116 cm³/mol. The van der Waals surface area contributed by atoms with Crippen molar-refractivity contribution < 1.29 is 24.4 Å². The number of nitrogens with one attached hydrogen (secondary N) is 1. The Morgan fingerprint density at radius 1 is 1.17 bits per heavy atom. The van der Waals surface area contributed by atoms with E-state index in [-0.39, 0.29) is 23.7 Å². The maximum absolute atomic E-state index is 12.7. The number of nitrogens with zero attached hydrogens (tertiary/aromatic N) is 1. The standard InChI is InChI=1S/C23H31N3O4/c1-7-30-21(28)17-13-24-18-9-8-14(20(27)29-6)10-16(18)19(17)25-15-11-22(2,3)26-23(4,5)12-15/h8-10,13,15,26H,7,11-12H2,1-6H3,(H,24,25)/p+1. The molecule has 1 aliphatic rings. The fourth-order valence-corrected chi connectivity index (χ4v) is 4.78. The van der Waals surface area contributed by atoms with Gasteiger partial charge in [0, 0.05) is 30.5 Å². The molecule has 0 spiro atoms. The van der Waals surface area contributed by atoms with E-state index in [4.69, 9.17) is 9.47 Å². The Balaban J connectivity index is 2.11. The van der Waals surface area contributed by atoms with E-state index in [1.54, 1.807) is 31.3 Å². The van der Waals surface area contributed by atoms with Gasteiger partial charge in [-0.1, -0.05) is 0 Å². The number of aromatic nitrogens is 1. The van der Waals surface area contributed by atoms with Gasteiger partial charge < -0.3 is 20.1 Å². The van der Waals surface area contributed by atoms with Gasteiger partial charge in [-0.3, -0.25) is 4.98 Å². The number of hydrogen-bond donors (Lipinski definition) is 2. The van der Waals surface area contributed by atoms with Crippen LogP contribution in [0.15, 0.2) is 24.4 Å². The number of pyridine rings is 1. The summed E-state index contributed by atoms with van der Waals surface area (Å²) in [5, 5.41) is 6.72. The molecule has 0 unspecified atom stereocenters. The zero-order valence-electron chi connectivity index (χ0n) is 18.7. The van der Waals surface area contributed by atoms with Gasteiger partial charge in [-0.15, -0.1) is 0 Å². The molecule has 3 rings (SSSR count). The third-order valence-corrected chi connectivity index (χ3v) is 5.46. The summed E-state index contributed by atoms with van der Waals surface area (Å²) in [4.78, 5) is 29.2. The van der Waals surface area contributed by atoms with Gasteiger partial charge in [0.1, 0.15) is 5.56 Å². The summed E-state index contributed by atoms with van der Waals surface area (Å²) >= 11 is 0. The van der Waals surface area contributed by atoms with Gasteiger partial charge in [0.05, 0.1) is 41.6 Å². The third kappa shape index (κ3) is 4.73. The minimum absolute atomic E-state index is 0.0590. The molecule has 1 aliphatic heterocycles. The zero-order valence-corrected chi connectivity index (χ0v) is 18.7. The molecule has 1 saturated heterocycles. The van der Waals surface area contributed by atoms with Gasteiger partial charge in [0.25, 0.3) is 0 Å². The van der Waals surface area contributed by atoms with Crippen LogP contribution in [0.4, 0.5) is 5.69 Å². The van der Waals surface area contributed by atoms with Gasteiger partial charge in [-0.05, 0) is 52.8 Å². The number of piperidine rings is 1. The molecule has 1 aromatic carbocycles. The first-order chi connectivity index (χ1) is 14.0. The number of hydrogen-bond acceptors (Lipinski definition) is 6. The predicted octanol–water partition coefficient (Wildman–Crippen LogP) is 2.89. The largest absolute Gasteiger partial charge is 0.465 e. The second-order valence-corrected chi connectivity index (χ2v) is 9.36. The third-order valence-electron chi connectivity index (χ3n) is 5.46. The summed E-state index contributed by atoms with van der Waals surface area (Å²) in [6.45, 7) is 11.0. The molecule has 7 heteroatoms. The van der Waals surface area contributed by atoms with E-state index in [0.717, 1.165) is 12.8 Å². The molecule has 0 radical (unpaired) electrons. The molecular formula is C23H32N3O4+. The molecule has 0 amide bonds. The number of rotatable bonds is 5. The zero-order chi connectivity index (χ0) is 22.1. The number of quaternary nitrogens is 1. The van der Waals surface area contributed by atoms with Gasteiger partial charge >= 0.3 is 11.9 Å². The number of ether oxygens (including phenoxy) is 2. The van der Waals surface area contributed by atoms with Crippen LogP contribution in [-0.2, 0) is 9.47 Å². The van der Waals surface area contributed by atoms with Crippen molar-refractivity contribution in [3.05, 3.63) is 35.5 Å². The number of carbonyl (C=O) groups is 2. The summed E-state index contributed by atoms with van der Waals surface area (Å²) in [5.74, 6) is -0.863. The topological polar surface area (TPSA) is 94.1 Å². The quantitative estimate of drug-likeness (QED) is 0.731. The van der Waals surface area contributed by atoms with Crippen molar-refractivity contribution >= 4 is 28.5 Å². The van der Waals surface area contributed by atoms with Crippen molar-refractivity contribution in [3.8, 4) is 0 Å². The molecule has 1 aromatic heterocycles. The van der Waals surface area contributed by atoms with Crippen LogP contribution in [0.25, 0.3) is 10.9 Å². The van der Waals surface area contributed by atoms with Crippen LogP contribution in [0.2, 0.25) is 0 Å². The summed E-state index contributed by atoms with van der Waals surface area (Å²) in [5.41, 5.74) is 2.25. The van der Waals surface area contributed by atoms with Crippen molar-refractivity contribution in [1.82, 2.24) is 4.98 Å². The normalized spacial score (nSPS) is 18.1. The van der Waals surface area contributed by atoms with Crippen LogP contribution < -0.4 is 10.6 Å². The number of fused-ring (bicyclic) bond motifs is 1. The van der Waals surface area contributed by atoms with Crippen molar-refractivity contribution in [3.63, 3.8) is 0 Å². The molecule has 30 heavy (non-hydrogen) atoms. The molecule has 7 nitrogen and oxygen atoms in total. The monoisotopic (exact) mass is 414 g/mol. The number of esters is 2. The second kappa shape index (κ2) is 8.22. The van der Waals surface area contributed by atoms with Crippen LogP contribution in [0, 0.1) is 0 Å². The molecule has 0 saturated carbocycles. The molecule has 0 atom stereocenters. The highest BCUT2D eigenvalue weighted by atomic mass is 16.5. The molecule has 3 N–H and O–H groups in total. The van der Waals surface area contributed by atoms with Crippen LogP contribution >= 0.6 is 0 Å². The minimum Gasteiger partial charge on any atom is -0.465 e. The Morgan fingerprint density at radius 3 is 2.43 bits per heavy atom. The summed E-state index contributed by atoms with van der Waals surface area (Å²) < 4.78 is 10.1. The van der Waals surface area contributed by atoms with E-state index in [9.17, 15) is 9.59 Å². The van der Waals surface area contributed by atoms with E-state index in [1.165, 1.54) is 7.11 Å². The molecule has 2 heterocycles. The molecule has 2 aromatic rings. The molecule has 0 aliphatic carbocycles. The first kappa shape index (κ1) is 22.0. The van der Waals surface area contributed by atoms with Gasteiger partial charge in [0.2, 0.25) is 0 Å². The number of carbonyl (C=O) groups excluding carboxylic acids is 2. The van der Waals surface area contributed by atoms with E-state index in [1.807, 2.05) is 0 Å². The Morgan fingerprint density at radius 2 is 1.83 bits per heavy atom. The Bertz CT molecular complexity index is 952. The second-order valence-electron chi connectivity index (χ2n) is 9.36. The molecule has 1 fully saturated rings. The smallest absolute Gasteiger partial charge is 0.341 e. The van der Waals surface area contributed by atoms with E-state index in [2.05, 4.69) is 43.3 Å². The maximum Gasteiger partial charge on any atom is 0.341 e. The average molecular weight is 415 g/mol. The number of benzene rings is 1. The summed E-state index contributed by atoms with van der Waals surface area (Å²) in [6, 6.07) is 5.33. The molecule has 162 valence electrons. The number of nitrogens with two attached hydrogens (primary N) is 1. The Kier molecular flexibility index (Phi) is 6.04. The van der Waals surface area contributed by atoms with Crippen LogP contribution in [-0.4, -0.2) is 47.8 Å². The maximum atomic E-state index is 12.7. The Hall–Kier alpha value is -2.67. The minimum atomic E-state index is -0.432. The highest BCUT2D eigenvalue weighted by Gasteiger charge is 2.42. The van der Waals surface area contributed by atoms with Crippen molar-refractivity contribution in [2.24, 2.45) is 0 Å². The van der Waals surface area contributed by atoms with Crippen LogP contribution in [0.3, 0.4) is 0 Å². The first-order valence-electron chi connectivity index (χ1n) is 10.4. The average Bonchev–Trinajstić information content (AvgIpc) is 2.64. The lowest BCUT2D eigenvalue weighted by Crippen LogP contribution is -3.06. The summed E-state index contributed by atoms with van der Waals surface area (Å²) in [6.07, 6.45) is 3.41. The fraction of sp³-hybridized carbons (Fsp3) is 0.522. The van der Waals surface area contributed by atoms with Crippen LogP contribution in [0.5, 0.6) is 0 Å². The van der Waals surface area contributed by atoms with E-state index < -0.39 is 11.9 Å². The lowest BCUT2D eigenvalue weighted by molar-refractivity contribution is -0.787. The van der Waals surface area contributed by atoms with Gasteiger partial charge in [0.15, 0.2) is 0 Å². The number of anilines is 1. The van der Waals surface area contributed by atoms with Crippen LogP contribution in [0.1, 0.15) is 68.2 Å². The Labute approximate surface area is 177 Å². The number of methoxy groups -OCH3 is 1.